The van der Waals surface area contributed by atoms with Crippen molar-refractivity contribution in [1.29, 1.82) is 0 Å². The molecule has 1 atom stereocenters. The minimum atomic E-state index is -0.0960. The van der Waals surface area contributed by atoms with Crippen molar-refractivity contribution >= 4 is 11.8 Å². The number of nitrogens with one attached hydrogen (secondary N) is 2. The Morgan fingerprint density at radius 2 is 2.04 bits per heavy atom. The quantitative estimate of drug-likeness (QED) is 0.857. The van der Waals surface area contributed by atoms with Crippen LogP contribution in [-0.4, -0.2) is 40.5 Å². The number of hydrogen-bond acceptors (Lipinski definition) is 5. The van der Waals surface area contributed by atoms with Gasteiger partial charge in [0.05, 0.1) is 12.1 Å². The Bertz CT molecular complexity index is 534. The van der Waals surface area contributed by atoms with E-state index >= 15 is 0 Å². The number of rotatable bonds is 4. The monoisotopic (exact) mass is 318 g/mol. The SMILES string of the molecule is O=C1CCC(C(=O)NC2CCC(Oc3cnccn3)CC2)CN1. The third kappa shape index (κ3) is 4.40. The molecule has 7 nitrogen and oxygen atoms in total. The van der Waals surface area contributed by atoms with Crippen LogP contribution in [0, 0.1) is 5.92 Å². The standard InChI is InChI=1S/C16H22N4O3/c21-14-6-1-11(9-19-14)16(22)20-12-2-4-13(5-3-12)23-15-10-17-7-8-18-15/h7-8,10-13H,1-6,9H2,(H,19,21)(H,20,22). The Morgan fingerprint density at radius 3 is 2.70 bits per heavy atom. The minimum Gasteiger partial charge on any atom is -0.473 e. The highest BCUT2D eigenvalue weighted by molar-refractivity contribution is 5.83. The van der Waals surface area contributed by atoms with Gasteiger partial charge in [-0.25, -0.2) is 4.98 Å². The van der Waals surface area contributed by atoms with Gasteiger partial charge >= 0.3 is 0 Å². The first-order chi connectivity index (χ1) is 11.2. The lowest BCUT2D eigenvalue weighted by Crippen LogP contribution is -2.47. The van der Waals surface area contributed by atoms with Crippen LogP contribution in [0.4, 0.5) is 0 Å². The Hall–Kier alpha value is -2.18. The summed E-state index contributed by atoms with van der Waals surface area (Å²) in [6.07, 6.45) is 9.65. The first-order valence-electron chi connectivity index (χ1n) is 8.20. The zero-order valence-corrected chi connectivity index (χ0v) is 13.0. The van der Waals surface area contributed by atoms with E-state index in [-0.39, 0.29) is 29.9 Å². The van der Waals surface area contributed by atoms with Gasteiger partial charge < -0.3 is 15.4 Å². The van der Waals surface area contributed by atoms with E-state index in [0.717, 1.165) is 25.7 Å². The second kappa shape index (κ2) is 7.39. The van der Waals surface area contributed by atoms with Gasteiger partial charge in [-0.05, 0) is 32.1 Å². The van der Waals surface area contributed by atoms with Crippen molar-refractivity contribution < 1.29 is 14.3 Å². The fourth-order valence-corrected chi connectivity index (χ4v) is 3.12. The van der Waals surface area contributed by atoms with Gasteiger partial charge in [0.25, 0.3) is 0 Å². The Labute approximate surface area is 135 Å². The van der Waals surface area contributed by atoms with Crippen molar-refractivity contribution in [3.63, 3.8) is 0 Å². The number of nitrogens with zero attached hydrogens (tertiary/aromatic N) is 2. The van der Waals surface area contributed by atoms with Crippen LogP contribution < -0.4 is 15.4 Å². The molecule has 1 aliphatic heterocycles. The zero-order chi connectivity index (χ0) is 16.1. The van der Waals surface area contributed by atoms with E-state index in [0.29, 0.717) is 25.3 Å². The maximum absolute atomic E-state index is 12.2. The molecule has 2 heterocycles. The summed E-state index contributed by atoms with van der Waals surface area (Å²) in [5.41, 5.74) is 0. The third-order valence-electron chi connectivity index (χ3n) is 4.48. The highest BCUT2D eigenvalue weighted by Gasteiger charge is 2.28. The van der Waals surface area contributed by atoms with Crippen molar-refractivity contribution in [3.05, 3.63) is 18.6 Å². The van der Waals surface area contributed by atoms with Crippen LogP contribution in [0.3, 0.4) is 0 Å². The summed E-state index contributed by atoms with van der Waals surface area (Å²) in [5.74, 6) is 0.554. The molecule has 2 fully saturated rings. The molecule has 1 saturated heterocycles. The summed E-state index contributed by atoms with van der Waals surface area (Å²) in [6.45, 7) is 0.454. The second-order valence-corrected chi connectivity index (χ2v) is 6.18. The van der Waals surface area contributed by atoms with E-state index in [1.807, 2.05) is 0 Å². The molecule has 2 amide bonds. The normalized spacial score (nSPS) is 27.8. The molecule has 1 saturated carbocycles. The average molecular weight is 318 g/mol. The zero-order valence-electron chi connectivity index (χ0n) is 13.0. The van der Waals surface area contributed by atoms with E-state index in [4.69, 9.17) is 4.74 Å². The molecule has 0 bridgehead atoms. The largest absolute Gasteiger partial charge is 0.473 e. The predicted octanol–water partition coefficient (Wildman–Crippen LogP) is 0.809. The molecule has 2 aliphatic rings. The second-order valence-electron chi connectivity index (χ2n) is 6.18. The Morgan fingerprint density at radius 1 is 1.22 bits per heavy atom. The van der Waals surface area contributed by atoms with Crippen molar-refractivity contribution in [1.82, 2.24) is 20.6 Å². The maximum atomic E-state index is 12.2. The lowest BCUT2D eigenvalue weighted by Gasteiger charge is -2.31. The lowest BCUT2D eigenvalue weighted by molar-refractivity contribution is -0.129. The summed E-state index contributed by atoms with van der Waals surface area (Å²) in [7, 11) is 0. The minimum absolute atomic E-state index is 0.0377. The van der Waals surface area contributed by atoms with Gasteiger partial charge in [-0.3, -0.25) is 14.6 Å². The van der Waals surface area contributed by atoms with Crippen LogP contribution in [-0.2, 0) is 9.59 Å². The molecule has 7 heteroatoms. The molecule has 23 heavy (non-hydrogen) atoms. The summed E-state index contributed by atoms with van der Waals surface area (Å²) in [6, 6.07) is 0.196. The topological polar surface area (TPSA) is 93.2 Å². The average Bonchev–Trinajstić information content (AvgIpc) is 2.58. The molecule has 1 aromatic heterocycles. The van der Waals surface area contributed by atoms with E-state index in [9.17, 15) is 9.59 Å². The number of piperidine rings is 1. The summed E-state index contributed by atoms with van der Waals surface area (Å²) >= 11 is 0. The van der Waals surface area contributed by atoms with Crippen LogP contribution in [0.2, 0.25) is 0 Å². The first kappa shape index (κ1) is 15.7. The lowest BCUT2D eigenvalue weighted by atomic mass is 9.91. The van der Waals surface area contributed by atoms with Crippen LogP contribution in [0.5, 0.6) is 5.88 Å². The number of hydrogen-bond donors (Lipinski definition) is 2. The number of ether oxygens (including phenoxy) is 1. The van der Waals surface area contributed by atoms with Gasteiger partial charge in [0.2, 0.25) is 17.7 Å². The van der Waals surface area contributed by atoms with Crippen molar-refractivity contribution in [3.8, 4) is 5.88 Å². The van der Waals surface area contributed by atoms with E-state index in [1.54, 1.807) is 18.6 Å². The number of aromatic nitrogens is 2. The fourth-order valence-electron chi connectivity index (χ4n) is 3.12. The molecule has 1 aliphatic carbocycles. The summed E-state index contributed by atoms with van der Waals surface area (Å²) in [4.78, 5) is 31.5. The molecule has 0 radical (unpaired) electrons. The van der Waals surface area contributed by atoms with Gasteiger partial charge in [0.15, 0.2) is 0 Å². The van der Waals surface area contributed by atoms with Gasteiger partial charge in [0.1, 0.15) is 6.10 Å². The number of carbonyl (C=O) groups is 2. The van der Waals surface area contributed by atoms with E-state index < -0.39 is 0 Å². The fraction of sp³-hybridized carbons (Fsp3) is 0.625. The van der Waals surface area contributed by atoms with Gasteiger partial charge in [-0.15, -0.1) is 0 Å². The predicted molar refractivity (Wildman–Crippen MR) is 82.6 cm³/mol. The molecule has 3 rings (SSSR count). The highest BCUT2D eigenvalue weighted by Crippen LogP contribution is 2.23. The van der Waals surface area contributed by atoms with Gasteiger partial charge in [0, 0.05) is 31.4 Å². The first-order valence-corrected chi connectivity index (χ1v) is 8.20. The maximum Gasteiger partial charge on any atom is 0.232 e. The molecular formula is C16H22N4O3. The molecule has 0 spiro atoms. The summed E-state index contributed by atoms with van der Waals surface area (Å²) < 4.78 is 5.80. The van der Waals surface area contributed by atoms with Gasteiger partial charge in [-0.2, -0.15) is 0 Å². The molecular weight excluding hydrogens is 296 g/mol. The Kier molecular flexibility index (Phi) is 5.05. The molecule has 124 valence electrons. The smallest absolute Gasteiger partial charge is 0.232 e. The van der Waals surface area contributed by atoms with Crippen LogP contribution >= 0.6 is 0 Å². The Balaban J connectivity index is 1.40. The molecule has 1 aromatic rings. The van der Waals surface area contributed by atoms with Crippen LogP contribution in [0.15, 0.2) is 18.6 Å². The third-order valence-corrected chi connectivity index (χ3v) is 4.48. The van der Waals surface area contributed by atoms with Crippen molar-refractivity contribution in [2.24, 2.45) is 5.92 Å². The molecule has 1 unspecified atom stereocenters. The molecule has 0 aromatic carbocycles. The highest BCUT2D eigenvalue weighted by atomic mass is 16.5. The van der Waals surface area contributed by atoms with Crippen LogP contribution in [0.25, 0.3) is 0 Å². The van der Waals surface area contributed by atoms with Gasteiger partial charge in [-0.1, -0.05) is 0 Å². The number of carbonyl (C=O) groups excluding carboxylic acids is 2. The van der Waals surface area contributed by atoms with E-state index in [1.165, 1.54) is 0 Å². The molecule has 2 N–H and O–H groups in total. The van der Waals surface area contributed by atoms with Crippen molar-refractivity contribution in [2.45, 2.75) is 50.7 Å². The van der Waals surface area contributed by atoms with E-state index in [2.05, 4.69) is 20.6 Å². The van der Waals surface area contributed by atoms with Crippen molar-refractivity contribution in [2.75, 3.05) is 6.54 Å². The summed E-state index contributed by atoms with van der Waals surface area (Å²) in [5, 5.41) is 5.87. The van der Waals surface area contributed by atoms with Crippen LogP contribution in [0.1, 0.15) is 38.5 Å². The number of amides is 2.